The Morgan fingerprint density at radius 3 is 2.37 bits per heavy atom. The number of nitrogens with zero attached hydrogens (tertiary/aromatic N) is 2. The van der Waals surface area contributed by atoms with Gasteiger partial charge in [0.2, 0.25) is 5.91 Å². The zero-order valence-corrected chi connectivity index (χ0v) is 24.0. The van der Waals surface area contributed by atoms with Gasteiger partial charge in [-0.05, 0) is 54.6 Å². The molecule has 0 radical (unpaired) electrons. The zero-order valence-electron chi connectivity index (χ0n) is 23.2. The third-order valence-corrected chi connectivity index (χ3v) is 7.78. The molecule has 38 heavy (non-hydrogen) atoms. The molecule has 9 heteroatoms. The van der Waals surface area contributed by atoms with Gasteiger partial charge in [-0.1, -0.05) is 77.3 Å². The lowest BCUT2D eigenvalue weighted by Gasteiger charge is -2.32. The Kier molecular flexibility index (Phi) is 11.1. The third-order valence-electron chi connectivity index (χ3n) is 6.93. The van der Waals surface area contributed by atoms with Gasteiger partial charge in [0.25, 0.3) is 11.8 Å². The number of aromatic nitrogens is 1. The average Bonchev–Trinajstić information content (AvgIpc) is 3.27. The third kappa shape index (κ3) is 8.28. The van der Waals surface area contributed by atoms with Crippen LogP contribution in [0.4, 0.5) is 5.69 Å². The van der Waals surface area contributed by atoms with Crippen LogP contribution in [0.15, 0.2) is 30.3 Å². The maximum absolute atomic E-state index is 14.0. The summed E-state index contributed by atoms with van der Waals surface area (Å²) in [6.45, 7) is 9.08. The summed E-state index contributed by atoms with van der Waals surface area (Å²) in [6, 6.07) is 9.02. The minimum atomic E-state index is -0.684. The fraction of sp³-hybridized carbons (Fsp3) is 0.586. The fourth-order valence-corrected chi connectivity index (χ4v) is 5.53. The summed E-state index contributed by atoms with van der Waals surface area (Å²) < 4.78 is 4.28. The Morgan fingerprint density at radius 2 is 1.74 bits per heavy atom. The van der Waals surface area contributed by atoms with Crippen LogP contribution in [0.3, 0.4) is 0 Å². The molecule has 0 bridgehead atoms. The molecule has 0 unspecified atom stereocenters. The van der Waals surface area contributed by atoms with Crippen molar-refractivity contribution in [1.29, 1.82) is 0 Å². The van der Waals surface area contributed by atoms with Crippen LogP contribution in [0, 0.1) is 11.8 Å². The van der Waals surface area contributed by atoms with Crippen molar-refractivity contribution in [3.8, 4) is 0 Å². The quantitative estimate of drug-likeness (QED) is 0.349. The molecule has 1 aliphatic carbocycles. The topological polar surface area (TPSA) is 117 Å². The minimum absolute atomic E-state index is 0.0786. The van der Waals surface area contributed by atoms with E-state index in [1.54, 1.807) is 4.90 Å². The molecule has 1 saturated carbocycles. The van der Waals surface area contributed by atoms with Crippen molar-refractivity contribution in [3.63, 3.8) is 0 Å². The molecule has 1 fully saturated rings. The molecule has 0 aliphatic heterocycles. The molecular formula is C29H43N5O3S. The van der Waals surface area contributed by atoms with Gasteiger partial charge in [0, 0.05) is 19.1 Å². The molecule has 3 rings (SSSR count). The molecule has 0 saturated heterocycles. The Bertz CT molecular complexity index is 1060. The number of anilines is 1. The lowest BCUT2D eigenvalue weighted by atomic mass is 9.95. The second-order valence-electron chi connectivity index (χ2n) is 11.1. The number of nitrogen functional groups attached to an aromatic ring is 1. The van der Waals surface area contributed by atoms with E-state index in [1.807, 2.05) is 44.2 Å². The predicted octanol–water partition coefficient (Wildman–Crippen LogP) is 5.01. The van der Waals surface area contributed by atoms with Gasteiger partial charge < -0.3 is 21.3 Å². The second kappa shape index (κ2) is 14.3. The van der Waals surface area contributed by atoms with E-state index >= 15 is 0 Å². The lowest BCUT2D eigenvalue weighted by molar-refractivity contribution is -0.126. The summed E-state index contributed by atoms with van der Waals surface area (Å²) in [4.78, 5) is 42.2. The number of nitrogens with one attached hydrogen (secondary N) is 2. The van der Waals surface area contributed by atoms with Crippen LogP contribution in [0.25, 0.3) is 0 Å². The van der Waals surface area contributed by atoms with E-state index in [0.29, 0.717) is 18.9 Å². The SMILES string of the molecule is CC(C)CCNC(=O)[C@H](CC(C)C)N(Cc1ccccc1)C(=O)c1snc(C(=O)NC2CCCCC2)c1N. The molecule has 8 nitrogen and oxygen atoms in total. The molecule has 0 spiro atoms. The summed E-state index contributed by atoms with van der Waals surface area (Å²) in [6.07, 6.45) is 6.60. The van der Waals surface area contributed by atoms with Crippen LogP contribution in [0.5, 0.6) is 0 Å². The highest BCUT2D eigenvalue weighted by Gasteiger charge is 2.34. The Hall–Kier alpha value is -2.94. The van der Waals surface area contributed by atoms with E-state index in [4.69, 9.17) is 5.73 Å². The molecule has 1 aromatic carbocycles. The number of amides is 3. The number of hydrogen-bond acceptors (Lipinski definition) is 6. The largest absolute Gasteiger partial charge is 0.395 e. The van der Waals surface area contributed by atoms with E-state index in [-0.39, 0.29) is 52.5 Å². The first-order valence-corrected chi connectivity index (χ1v) is 14.6. The van der Waals surface area contributed by atoms with Crippen molar-refractivity contribution in [2.45, 2.75) is 91.3 Å². The monoisotopic (exact) mass is 541 g/mol. The Balaban J connectivity index is 1.88. The number of carbonyl (C=O) groups is 3. The Morgan fingerprint density at radius 1 is 1.05 bits per heavy atom. The summed E-state index contributed by atoms with van der Waals surface area (Å²) in [5.41, 5.74) is 7.44. The summed E-state index contributed by atoms with van der Waals surface area (Å²) in [7, 11) is 0. The zero-order chi connectivity index (χ0) is 27.7. The number of nitrogens with two attached hydrogens (primary N) is 1. The highest BCUT2D eigenvalue weighted by atomic mass is 32.1. The van der Waals surface area contributed by atoms with Crippen LogP contribution >= 0.6 is 11.5 Å². The van der Waals surface area contributed by atoms with Gasteiger partial charge in [-0.3, -0.25) is 14.4 Å². The van der Waals surface area contributed by atoms with E-state index in [1.165, 1.54) is 6.42 Å². The summed E-state index contributed by atoms with van der Waals surface area (Å²) >= 11 is 0.925. The highest BCUT2D eigenvalue weighted by Crippen LogP contribution is 2.27. The lowest BCUT2D eigenvalue weighted by Crippen LogP contribution is -2.50. The first-order valence-electron chi connectivity index (χ1n) is 13.9. The van der Waals surface area contributed by atoms with Crippen molar-refractivity contribution in [2.24, 2.45) is 11.8 Å². The van der Waals surface area contributed by atoms with Crippen LogP contribution in [0.1, 0.15) is 98.4 Å². The maximum Gasteiger partial charge on any atom is 0.273 e. The first kappa shape index (κ1) is 29.6. The molecule has 208 valence electrons. The molecule has 1 heterocycles. The molecule has 2 aromatic rings. The maximum atomic E-state index is 14.0. The second-order valence-corrected chi connectivity index (χ2v) is 11.9. The molecule has 1 aromatic heterocycles. The number of hydrogen-bond donors (Lipinski definition) is 3. The molecule has 1 aliphatic rings. The smallest absolute Gasteiger partial charge is 0.273 e. The standard InChI is InChI=1S/C29H43N5O3S/c1-19(2)15-16-31-27(35)23(17-20(3)4)34(18-21-11-7-5-8-12-21)29(37)26-24(30)25(33-38-26)28(36)32-22-13-9-6-10-14-22/h5,7-8,11-12,19-20,22-23H,6,9-10,13-18,30H2,1-4H3,(H,31,35)(H,32,36)/t23-/m0/s1. The van der Waals surface area contributed by atoms with Crippen molar-refractivity contribution < 1.29 is 14.4 Å². The van der Waals surface area contributed by atoms with E-state index in [9.17, 15) is 14.4 Å². The number of rotatable bonds is 12. The molecule has 3 amide bonds. The predicted molar refractivity (Wildman–Crippen MR) is 153 cm³/mol. The fourth-order valence-electron chi connectivity index (χ4n) is 4.77. The number of carbonyl (C=O) groups excluding carboxylic acids is 3. The van der Waals surface area contributed by atoms with Gasteiger partial charge in [-0.2, -0.15) is 4.37 Å². The van der Waals surface area contributed by atoms with Crippen molar-refractivity contribution >= 4 is 34.9 Å². The van der Waals surface area contributed by atoms with E-state index < -0.39 is 6.04 Å². The minimum Gasteiger partial charge on any atom is -0.395 e. The van der Waals surface area contributed by atoms with Gasteiger partial charge >= 0.3 is 0 Å². The van der Waals surface area contributed by atoms with Crippen molar-refractivity contribution in [1.82, 2.24) is 19.9 Å². The van der Waals surface area contributed by atoms with Gasteiger partial charge in [-0.15, -0.1) is 0 Å². The number of benzene rings is 1. The molecule has 1 atom stereocenters. The van der Waals surface area contributed by atoms with Crippen LogP contribution in [-0.2, 0) is 11.3 Å². The van der Waals surface area contributed by atoms with Gasteiger partial charge in [0.05, 0.1) is 5.69 Å². The highest BCUT2D eigenvalue weighted by molar-refractivity contribution is 7.09. The van der Waals surface area contributed by atoms with Gasteiger partial charge in [0.15, 0.2) is 5.69 Å². The summed E-state index contributed by atoms with van der Waals surface area (Å²) in [5, 5.41) is 6.07. The molecular weight excluding hydrogens is 498 g/mol. The van der Waals surface area contributed by atoms with Crippen LogP contribution in [-0.4, -0.2) is 45.6 Å². The van der Waals surface area contributed by atoms with Crippen LogP contribution in [0.2, 0.25) is 0 Å². The van der Waals surface area contributed by atoms with Crippen LogP contribution < -0.4 is 16.4 Å². The van der Waals surface area contributed by atoms with Crippen molar-refractivity contribution in [3.05, 3.63) is 46.5 Å². The van der Waals surface area contributed by atoms with Crippen molar-refractivity contribution in [2.75, 3.05) is 12.3 Å². The average molecular weight is 542 g/mol. The molecule has 4 N–H and O–H groups in total. The summed E-state index contributed by atoms with van der Waals surface area (Å²) in [5.74, 6) is -0.273. The normalized spacial score (nSPS) is 14.9. The van der Waals surface area contributed by atoms with Gasteiger partial charge in [-0.25, -0.2) is 0 Å². The first-order chi connectivity index (χ1) is 18.2. The van der Waals surface area contributed by atoms with Gasteiger partial charge in [0.1, 0.15) is 10.9 Å². The Labute approximate surface area is 230 Å². The van der Waals surface area contributed by atoms with E-state index in [0.717, 1.165) is 49.2 Å². The van der Waals surface area contributed by atoms with E-state index in [2.05, 4.69) is 28.9 Å².